The summed E-state index contributed by atoms with van der Waals surface area (Å²) in [6.45, 7) is 3.85. The topological polar surface area (TPSA) is 46.9 Å². The molecular formula is C24H22ClN3O. The molecule has 0 fully saturated rings. The first kappa shape index (κ1) is 19.2. The predicted molar refractivity (Wildman–Crippen MR) is 118 cm³/mol. The van der Waals surface area contributed by atoms with Gasteiger partial charge >= 0.3 is 0 Å². The van der Waals surface area contributed by atoms with Crippen molar-refractivity contribution >= 4 is 28.4 Å². The number of fused-ring (bicyclic) bond motifs is 1. The molecule has 4 aromatic rings. The van der Waals surface area contributed by atoms with E-state index >= 15 is 0 Å². The molecule has 0 aliphatic rings. The van der Waals surface area contributed by atoms with E-state index in [0.717, 1.165) is 27.7 Å². The van der Waals surface area contributed by atoms with Gasteiger partial charge in [0.05, 0.1) is 11.6 Å². The summed E-state index contributed by atoms with van der Waals surface area (Å²) in [5, 5.41) is 9.47. The highest BCUT2D eigenvalue weighted by atomic mass is 35.5. The molecule has 0 unspecified atom stereocenters. The molecule has 1 N–H and O–H groups in total. The van der Waals surface area contributed by atoms with Gasteiger partial charge in [-0.05, 0) is 37.6 Å². The van der Waals surface area contributed by atoms with Gasteiger partial charge in [0.1, 0.15) is 11.7 Å². The molecule has 0 saturated heterocycles. The SMILES string of the molecule is C[C@@H](NC(=O)[C@H](C)n1nc(-c2ccccc2)c2cc(Cl)ccc21)c1ccccc1. The highest BCUT2D eigenvalue weighted by Crippen LogP contribution is 2.31. The highest BCUT2D eigenvalue weighted by molar-refractivity contribution is 6.31. The van der Waals surface area contributed by atoms with E-state index in [4.69, 9.17) is 16.7 Å². The van der Waals surface area contributed by atoms with Crippen LogP contribution >= 0.6 is 11.6 Å². The smallest absolute Gasteiger partial charge is 0.245 e. The van der Waals surface area contributed by atoms with Crippen LogP contribution < -0.4 is 5.32 Å². The zero-order valence-electron chi connectivity index (χ0n) is 16.3. The Morgan fingerprint density at radius 3 is 2.31 bits per heavy atom. The minimum absolute atomic E-state index is 0.0830. The van der Waals surface area contributed by atoms with E-state index in [-0.39, 0.29) is 11.9 Å². The number of amides is 1. The zero-order chi connectivity index (χ0) is 20.4. The van der Waals surface area contributed by atoms with Crippen LogP contribution in [0.15, 0.2) is 78.9 Å². The lowest BCUT2D eigenvalue weighted by Gasteiger charge is -2.19. The monoisotopic (exact) mass is 403 g/mol. The van der Waals surface area contributed by atoms with Crippen molar-refractivity contribution in [3.63, 3.8) is 0 Å². The third-order valence-electron chi connectivity index (χ3n) is 5.12. The molecule has 0 radical (unpaired) electrons. The fourth-order valence-corrected chi connectivity index (χ4v) is 3.66. The van der Waals surface area contributed by atoms with Gasteiger partial charge in [0.25, 0.3) is 0 Å². The molecule has 0 aliphatic carbocycles. The van der Waals surface area contributed by atoms with Gasteiger partial charge in [-0.2, -0.15) is 5.10 Å². The summed E-state index contributed by atoms with van der Waals surface area (Å²) < 4.78 is 1.78. The number of hydrogen-bond donors (Lipinski definition) is 1. The standard InChI is InChI=1S/C24H22ClN3O/c1-16(18-9-5-3-6-10-18)26-24(29)17(2)28-22-14-13-20(25)15-21(22)23(27-28)19-11-7-4-8-12-19/h3-17H,1-2H3,(H,26,29)/t16-,17+/m1/s1. The lowest BCUT2D eigenvalue weighted by molar-refractivity contribution is -0.124. The van der Waals surface area contributed by atoms with Crippen LogP contribution in [0.4, 0.5) is 0 Å². The predicted octanol–water partition coefficient (Wildman–Crippen LogP) is 5.80. The molecule has 146 valence electrons. The number of aromatic nitrogens is 2. The second-order valence-electron chi connectivity index (χ2n) is 7.14. The molecule has 2 atom stereocenters. The van der Waals surface area contributed by atoms with E-state index in [1.165, 1.54) is 0 Å². The summed E-state index contributed by atoms with van der Waals surface area (Å²) in [7, 11) is 0. The van der Waals surface area contributed by atoms with Crippen LogP contribution in [0.1, 0.15) is 31.5 Å². The van der Waals surface area contributed by atoms with Crippen molar-refractivity contribution < 1.29 is 4.79 Å². The molecule has 1 amide bonds. The van der Waals surface area contributed by atoms with Crippen LogP contribution in [0, 0.1) is 0 Å². The van der Waals surface area contributed by atoms with Crippen molar-refractivity contribution in [2.75, 3.05) is 0 Å². The van der Waals surface area contributed by atoms with Crippen LogP contribution in [0.3, 0.4) is 0 Å². The minimum Gasteiger partial charge on any atom is -0.348 e. The normalized spacial score (nSPS) is 13.2. The fourth-order valence-electron chi connectivity index (χ4n) is 3.49. The molecule has 1 aromatic heterocycles. The first-order valence-corrected chi connectivity index (χ1v) is 10.0. The van der Waals surface area contributed by atoms with Gasteiger partial charge in [-0.25, -0.2) is 0 Å². The molecular weight excluding hydrogens is 382 g/mol. The number of nitrogens with zero attached hydrogens (tertiary/aromatic N) is 2. The Morgan fingerprint density at radius 1 is 0.966 bits per heavy atom. The summed E-state index contributed by atoms with van der Waals surface area (Å²) in [5.74, 6) is -0.0830. The number of carbonyl (C=O) groups excluding carboxylic acids is 1. The van der Waals surface area contributed by atoms with E-state index in [9.17, 15) is 4.79 Å². The third kappa shape index (κ3) is 3.89. The number of nitrogens with one attached hydrogen (secondary N) is 1. The van der Waals surface area contributed by atoms with Crippen molar-refractivity contribution in [3.8, 4) is 11.3 Å². The Kier molecular flexibility index (Phi) is 5.36. The Hall–Kier alpha value is -3.11. The van der Waals surface area contributed by atoms with Gasteiger partial charge in [-0.3, -0.25) is 9.48 Å². The Labute approximate surface area is 175 Å². The maximum absolute atomic E-state index is 13.0. The molecule has 0 spiro atoms. The van der Waals surface area contributed by atoms with Crippen LogP contribution in [-0.4, -0.2) is 15.7 Å². The summed E-state index contributed by atoms with van der Waals surface area (Å²) >= 11 is 6.25. The Balaban J connectivity index is 1.69. The molecule has 0 bridgehead atoms. The first-order valence-electron chi connectivity index (χ1n) is 9.63. The Morgan fingerprint density at radius 2 is 1.62 bits per heavy atom. The number of benzene rings is 3. The van der Waals surface area contributed by atoms with Gasteiger partial charge in [0.15, 0.2) is 0 Å². The average Bonchev–Trinajstić information content (AvgIpc) is 3.13. The lowest BCUT2D eigenvalue weighted by atomic mass is 10.1. The number of halogens is 1. The largest absolute Gasteiger partial charge is 0.348 e. The molecule has 5 heteroatoms. The summed E-state index contributed by atoms with van der Waals surface area (Å²) in [6.07, 6.45) is 0. The van der Waals surface area contributed by atoms with E-state index in [1.807, 2.05) is 92.7 Å². The molecule has 29 heavy (non-hydrogen) atoms. The fraction of sp³-hybridized carbons (Fsp3) is 0.167. The van der Waals surface area contributed by atoms with Gasteiger partial charge < -0.3 is 5.32 Å². The van der Waals surface area contributed by atoms with Gasteiger partial charge in [-0.15, -0.1) is 0 Å². The van der Waals surface area contributed by atoms with E-state index in [2.05, 4.69) is 5.32 Å². The van der Waals surface area contributed by atoms with Gasteiger partial charge in [-0.1, -0.05) is 72.3 Å². The van der Waals surface area contributed by atoms with Crippen LogP contribution in [0.2, 0.25) is 5.02 Å². The maximum Gasteiger partial charge on any atom is 0.245 e. The van der Waals surface area contributed by atoms with E-state index in [0.29, 0.717) is 5.02 Å². The molecule has 1 heterocycles. The van der Waals surface area contributed by atoms with E-state index < -0.39 is 6.04 Å². The summed E-state index contributed by atoms with van der Waals surface area (Å²) in [5.41, 5.74) is 3.75. The molecule has 0 saturated carbocycles. The number of carbonyl (C=O) groups is 1. The van der Waals surface area contributed by atoms with Gasteiger partial charge in [0, 0.05) is 16.0 Å². The Bertz CT molecular complexity index is 1140. The molecule has 4 nitrogen and oxygen atoms in total. The van der Waals surface area contributed by atoms with Crippen molar-refractivity contribution in [1.82, 2.24) is 15.1 Å². The number of hydrogen-bond acceptors (Lipinski definition) is 2. The van der Waals surface area contributed by atoms with Crippen LogP contribution in [0.5, 0.6) is 0 Å². The maximum atomic E-state index is 13.0. The van der Waals surface area contributed by atoms with Crippen LogP contribution in [-0.2, 0) is 4.79 Å². The minimum atomic E-state index is -0.470. The van der Waals surface area contributed by atoms with Crippen molar-refractivity contribution in [3.05, 3.63) is 89.4 Å². The summed E-state index contributed by atoms with van der Waals surface area (Å²) in [4.78, 5) is 13.0. The molecule has 4 rings (SSSR count). The van der Waals surface area contributed by atoms with Crippen molar-refractivity contribution in [2.24, 2.45) is 0 Å². The molecule has 3 aromatic carbocycles. The second-order valence-corrected chi connectivity index (χ2v) is 7.57. The highest BCUT2D eigenvalue weighted by Gasteiger charge is 2.22. The van der Waals surface area contributed by atoms with Gasteiger partial charge in [0.2, 0.25) is 5.91 Å². The van der Waals surface area contributed by atoms with Crippen molar-refractivity contribution in [2.45, 2.75) is 25.9 Å². The number of rotatable bonds is 5. The third-order valence-corrected chi connectivity index (χ3v) is 5.36. The molecule has 0 aliphatic heterocycles. The van der Waals surface area contributed by atoms with Crippen molar-refractivity contribution in [1.29, 1.82) is 0 Å². The second kappa shape index (κ2) is 8.10. The van der Waals surface area contributed by atoms with E-state index in [1.54, 1.807) is 4.68 Å². The summed E-state index contributed by atoms with van der Waals surface area (Å²) in [6, 6.07) is 25.0. The average molecular weight is 404 g/mol. The zero-order valence-corrected chi connectivity index (χ0v) is 17.1. The quantitative estimate of drug-likeness (QED) is 0.458. The van der Waals surface area contributed by atoms with Crippen LogP contribution in [0.25, 0.3) is 22.2 Å². The first-order chi connectivity index (χ1) is 14.0. The lowest BCUT2D eigenvalue weighted by Crippen LogP contribution is -2.33.